The van der Waals surface area contributed by atoms with Crippen LogP contribution in [0.25, 0.3) is 0 Å². The Bertz CT molecular complexity index is 457. The van der Waals surface area contributed by atoms with Gasteiger partial charge in [-0.15, -0.1) is 11.3 Å². The molecule has 2 heterocycles. The third kappa shape index (κ3) is 3.07. The molecule has 0 aliphatic carbocycles. The molecule has 4 heteroatoms. The highest BCUT2D eigenvalue weighted by molar-refractivity contribution is 7.12. The first-order valence-corrected chi connectivity index (χ1v) is 8.53. The van der Waals surface area contributed by atoms with Gasteiger partial charge in [-0.2, -0.15) is 0 Å². The Morgan fingerprint density at radius 1 is 1.40 bits per heavy atom. The van der Waals surface area contributed by atoms with Gasteiger partial charge >= 0.3 is 0 Å². The van der Waals surface area contributed by atoms with Crippen molar-refractivity contribution in [3.05, 3.63) is 21.9 Å². The van der Waals surface area contributed by atoms with Gasteiger partial charge < -0.3 is 4.90 Å². The average molecular weight is 294 g/mol. The second-order valence-corrected chi connectivity index (χ2v) is 7.09. The Hall–Kier alpha value is -0.870. The zero-order valence-corrected chi connectivity index (χ0v) is 13.8. The van der Waals surface area contributed by atoms with Gasteiger partial charge in [-0.1, -0.05) is 33.6 Å². The molecule has 1 aliphatic heterocycles. The van der Waals surface area contributed by atoms with Gasteiger partial charge in [0.2, 0.25) is 5.91 Å². The van der Waals surface area contributed by atoms with E-state index < -0.39 is 0 Å². The number of aryl methyl sites for hydroxylation is 1. The van der Waals surface area contributed by atoms with Crippen molar-refractivity contribution in [3.63, 3.8) is 0 Å². The van der Waals surface area contributed by atoms with Crippen LogP contribution in [0.15, 0.2) is 12.1 Å². The Balaban J connectivity index is 2.21. The van der Waals surface area contributed by atoms with Crippen LogP contribution in [0.1, 0.15) is 56.0 Å². The van der Waals surface area contributed by atoms with E-state index in [9.17, 15) is 4.79 Å². The number of thiophene rings is 1. The van der Waals surface area contributed by atoms with Crippen LogP contribution < -0.4 is 5.32 Å². The summed E-state index contributed by atoms with van der Waals surface area (Å²) in [6, 6.07) is 4.27. The first-order valence-electron chi connectivity index (χ1n) is 7.71. The molecule has 3 nitrogen and oxygen atoms in total. The summed E-state index contributed by atoms with van der Waals surface area (Å²) in [4.78, 5) is 17.3. The van der Waals surface area contributed by atoms with Crippen molar-refractivity contribution in [2.24, 2.45) is 5.92 Å². The molecule has 1 aromatic rings. The van der Waals surface area contributed by atoms with Gasteiger partial charge in [0.05, 0.1) is 6.04 Å². The molecule has 1 aliphatic rings. The molecule has 3 unspecified atom stereocenters. The molecular formula is C16H26N2OS. The second kappa shape index (κ2) is 6.72. The number of nitrogens with zero attached hydrogens (tertiary/aromatic N) is 1. The highest BCUT2D eigenvalue weighted by Crippen LogP contribution is 2.32. The maximum Gasteiger partial charge on any atom is 0.241 e. The van der Waals surface area contributed by atoms with Crippen molar-refractivity contribution in [3.8, 4) is 0 Å². The summed E-state index contributed by atoms with van der Waals surface area (Å²) < 4.78 is 0. The number of hydrogen-bond acceptors (Lipinski definition) is 3. The van der Waals surface area contributed by atoms with E-state index in [1.165, 1.54) is 9.75 Å². The Morgan fingerprint density at radius 2 is 2.15 bits per heavy atom. The molecule has 1 fully saturated rings. The minimum Gasteiger partial charge on any atom is -0.321 e. The van der Waals surface area contributed by atoms with Crippen LogP contribution in [-0.4, -0.2) is 23.4 Å². The fraction of sp³-hybridized carbons (Fsp3) is 0.688. The van der Waals surface area contributed by atoms with Crippen LogP contribution in [0, 0.1) is 12.8 Å². The summed E-state index contributed by atoms with van der Waals surface area (Å²) in [6.45, 7) is 9.46. The van der Waals surface area contributed by atoms with Crippen molar-refractivity contribution in [1.82, 2.24) is 10.2 Å². The molecular weight excluding hydrogens is 268 g/mol. The lowest BCUT2D eigenvalue weighted by Crippen LogP contribution is -2.35. The summed E-state index contributed by atoms with van der Waals surface area (Å²) in [6.07, 6.45) is 3.29. The summed E-state index contributed by atoms with van der Waals surface area (Å²) in [5.74, 6) is 0.668. The molecule has 0 radical (unpaired) electrons. The van der Waals surface area contributed by atoms with E-state index in [2.05, 4.69) is 45.1 Å². The number of rotatable bonds is 6. The molecule has 1 saturated heterocycles. The van der Waals surface area contributed by atoms with Crippen molar-refractivity contribution in [1.29, 1.82) is 0 Å². The maximum atomic E-state index is 12.7. The van der Waals surface area contributed by atoms with Crippen molar-refractivity contribution in [2.45, 2.75) is 59.2 Å². The molecule has 0 saturated carbocycles. The third-order valence-electron chi connectivity index (χ3n) is 4.19. The van der Waals surface area contributed by atoms with E-state index in [0.717, 1.165) is 25.8 Å². The van der Waals surface area contributed by atoms with Gasteiger partial charge in [0.1, 0.15) is 6.17 Å². The molecule has 1 N–H and O–H groups in total. The Labute approximate surface area is 126 Å². The number of amides is 1. The highest BCUT2D eigenvalue weighted by Gasteiger charge is 2.41. The van der Waals surface area contributed by atoms with Crippen LogP contribution in [0.2, 0.25) is 0 Å². The largest absolute Gasteiger partial charge is 0.321 e. The lowest BCUT2D eigenvalue weighted by Gasteiger charge is -2.23. The van der Waals surface area contributed by atoms with E-state index in [1.807, 2.05) is 4.90 Å². The maximum absolute atomic E-state index is 12.7. The predicted octanol–water partition coefficient (Wildman–Crippen LogP) is 3.70. The van der Waals surface area contributed by atoms with Gasteiger partial charge in [0.25, 0.3) is 0 Å². The normalized spacial score (nSPS) is 24.4. The summed E-state index contributed by atoms with van der Waals surface area (Å²) in [5, 5.41) is 3.57. The summed E-state index contributed by atoms with van der Waals surface area (Å²) >= 11 is 1.79. The number of carbonyl (C=O) groups excluding carboxylic acids is 1. The number of carbonyl (C=O) groups is 1. The van der Waals surface area contributed by atoms with Crippen LogP contribution in [-0.2, 0) is 4.79 Å². The monoisotopic (exact) mass is 294 g/mol. The van der Waals surface area contributed by atoms with Crippen LogP contribution in [0.5, 0.6) is 0 Å². The average Bonchev–Trinajstić information content (AvgIpc) is 3.00. The molecule has 20 heavy (non-hydrogen) atoms. The van der Waals surface area contributed by atoms with Crippen molar-refractivity contribution < 1.29 is 4.79 Å². The smallest absolute Gasteiger partial charge is 0.241 e. The fourth-order valence-corrected chi connectivity index (χ4v) is 3.64. The standard InChI is InChI=1S/C16H26N2OS/c1-5-7-10-18-15(13-9-8-12(4)20-13)17-14(16(18)19)11(3)6-2/h8-9,11,14-15,17H,5-7,10H2,1-4H3. The topological polar surface area (TPSA) is 32.3 Å². The van der Waals surface area contributed by atoms with Gasteiger partial charge in [-0.25, -0.2) is 0 Å². The van der Waals surface area contributed by atoms with Crippen LogP contribution in [0.3, 0.4) is 0 Å². The molecule has 0 spiro atoms. The van der Waals surface area contributed by atoms with Crippen molar-refractivity contribution >= 4 is 17.2 Å². The first-order chi connectivity index (χ1) is 9.58. The summed E-state index contributed by atoms with van der Waals surface area (Å²) in [7, 11) is 0. The molecule has 1 amide bonds. The predicted molar refractivity (Wildman–Crippen MR) is 84.8 cm³/mol. The number of unbranched alkanes of at least 4 members (excludes halogenated alkanes) is 1. The molecule has 0 bridgehead atoms. The quantitative estimate of drug-likeness (QED) is 0.867. The van der Waals surface area contributed by atoms with Gasteiger partial charge in [0.15, 0.2) is 0 Å². The van der Waals surface area contributed by atoms with E-state index in [-0.39, 0.29) is 18.1 Å². The molecule has 0 aromatic carbocycles. The van der Waals surface area contributed by atoms with E-state index in [1.54, 1.807) is 11.3 Å². The number of hydrogen-bond donors (Lipinski definition) is 1. The lowest BCUT2D eigenvalue weighted by molar-refractivity contribution is -0.131. The zero-order valence-electron chi connectivity index (χ0n) is 13.0. The molecule has 2 rings (SSSR count). The molecule has 3 atom stereocenters. The minimum absolute atomic E-state index is 0.0238. The first kappa shape index (κ1) is 15.5. The van der Waals surface area contributed by atoms with E-state index >= 15 is 0 Å². The van der Waals surface area contributed by atoms with Gasteiger partial charge in [-0.05, 0) is 31.4 Å². The van der Waals surface area contributed by atoms with Gasteiger partial charge in [-0.3, -0.25) is 10.1 Å². The highest BCUT2D eigenvalue weighted by atomic mass is 32.1. The second-order valence-electron chi connectivity index (χ2n) is 5.77. The molecule has 1 aromatic heterocycles. The molecule has 112 valence electrons. The van der Waals surface area contributed by atoms with Crippen LogP contribution >= 0.6 is 11.3 Å². The number of nitrogens with one attached hydrogen (secondary N) is 1. The minimum atomic E-state index is -0.0238. The van der Waals surface area contributed by atoms with E-state index in [0.29, 0.717) is 5.92 Å². The Kier molecular flexibility index (Phi) is 5.22. The summed E-state index contributed by atoms with van der Waals surface area (Å²) in [5.41, 5.74) is 0. The fourth-order valence-electron chi connectivity index (χ4n) is 2.68. The zero-order chi connectivity index (χ0) is 14.7. The lowest BCUT2D eigenvalue weighted by atomic mass is 9.99. The Morgan fingerprint density at radius 3 is 2.70 bits per heavy atom. The van der Waals surface area contributed by atoms with Gasteiger partial charge in [0, 0.05) is 16.3 Å². The SMILES string of the molecule is CCCCN1C(=O)C(C(C)CC)NC1c1ccc(C)s1. The van der Waals surface area contributed by atoms with Crippen LogP contribution in [0.4, 0.5) is 0 Å². The third-order valence-corrected chi connectivity index (χ3v) is 5.25. The van der Waals surface area contributed by atoms with E-state index in [4.69, 9.17) is 0 Å². The van der Waals surface area contributed by atoms with Crippen molar-refractivity contribution in [2.75, 3.05) is 6.54 Å².